The molecule has 0 saturated carbocycles. The van der Waals surface area contributed by atoms with E-state index in [1.165, 1.54) is 0 Å². The molecule has 1 aromatic carbocycles. The van der Waals surface area contributed by atoms with Crippen molar-refractivity contribution in [2.75, 3.05) is 20.1 Å². The van der Waals surface area contributed by atoms with Crippen LogP contribution >= 0.6 is 0 Å². The average Bonchev–Trinajstić information content (AvgIpc) is 3.04. The van der Waals surface area contributed by atoms with Crippen LogP contribution in [0.5, 0.6) is 0 Å². The van der Waals surface area contributed by atoms with E-state index in [1.807, 2.05) is 48.7 Å². The highest BCUT2D eigenvalue weighted by Crippen LogP contribution is 2.10. The lowest BCUT2D eigenvalue weighted by atomic mass is 10.3. The Balaban J connectivity index is 1.42. The van der Waals surface area contributed by atoms with E-state index in [0.717, 1.165) is 54.4 Å². The topological polar surface area (TPSA) is 78.0 Å². The maximum absolute atomic E-state index is 4.57. The van der Waals surface area contributed by atoms with Crippen LogP contribution in [0.2, 0.25) is 0 Å². The molecule has 124 valence electrons. The molecule has 0 spiro atoms. The van der Waals surface area contributed by atoms with Crippen LogP contribution in [0.4, 0.5) is 0 Å². The summed E-state index contributed by atoms with van der Waals surface area (Å²) in [4.78, 5) is 16.5. The smallest absolute Gasteiger partial charge is 0.191 e. The van der Waals surface area contributed by atoms with E-state index in [4.69, 9.17) is 0 Å². The highest BCUT2D eigenvalue weighted by molar-refractivity contribution is 5.79. The molecule has 0 radical (unpaired) electrons. The maximum atomic E-state index is 4.57. The zero-order chi connectivity index (χ0) is 16.6. The lowest BCUT2D eigenvalue weighted by Gasteiger charge is -2.11. The number of guanidine groups is 1. The first-order chi connectivity index (χ1) is 11.8. The van der Waals surface area contributed by atoms with Crippen LogP contribution in [0.15, 0.2) is 53.7 Å². The molecule has 3 aromatic rings. The summed E-state index contributed by atoms with van der Waals surface area (Å²) in [5.41, 5.74) is 3.15. The Morgan fingerprint density at radius 2 is 1.83 bits per heavy atom. The van der Waals surface area contributed by atoms with Gasteiger partial charge < -0.3 is 15.6 Å². The van der Waals surface area contributed by atoms with Gasteiger partial charge in [0.25, 0.3) is 0 Å². The van der Waals surface area contributed by atoms with Crippen molar-refractivity contribution < 1.29 is 0 Å². The number of imidazole rings is 1. The van der Waals surface area contributed by atoms with Gasteiger partial charge in [0, 0.05) is 44.9 Å². The first-order valence-corrected chi connectivity index (χ1v) is 8.13. The quantitative estimate of drug-likeness (QED) is 0.478. The number of nitrogens with zero attached hydrogens (tertiary/aromatic N) is 3. The monoisotopic (exact) mass is 322 g/mol. The molecular formula is C18H22N6. The molecule has 2 heterocycles. The molecule has 0 atom stereocenters. The molecule has 2 aromatic heterocycles. The maximum Gasteiger partial charge on any atom is 0.191 e. The number of H-pyrrole nitrogens is 1. The van der Waals surface area contributed by atoms with Crippen molar-refractivity contribution in [3.8, 4) is 0 Å². The number of aliphatic imine (C=N–C) groups is 1. The van der Waals surface area contributed by atoms with Gasteiger partial charge in [-0.1, -0.05) is 18.2 Å². The highest BCUT2D eigenvalue weighted by atomic mass is 15.2. The molecule has 0 fully saturated rings. The molecular weight excluding hydrogens is 300 g/mol. The van der Waals surface area contributed by atoms with Gasteiger partial charge in [-0.05, 0) is 24.3 Å². The number of pyridine rings is 1. The van der Waals surface area contributed by atoms with Crippen LogP contribution in [0.25, 0.3) is 11.0 Å². The van der Waals surface area contributed by atoms with E-state index in [2.05, 4.69) is 30.6 Å². The SMILES string of the molecule is CN=C(NCCc1ccccn1)NCCc1nc2ccccc2[nH]1. The fourth-order valence-corrected chi connectivity index (χ4v) is 2.50. The van der Waals surface area contributed by atoms with Gasteiger partial charge in [-0.25, -0.2) is 4.98 Å². The summed E-state index contributed by atoms with van der Waals surface area (Å²) in [6.45, 7) is 1.56. The average molecular weight is 322 g/mol. The number of rotatable bonds is 6. The third kappa shape index (κ3) is 4.32. The van der Waals surface area contributed by atoms with E-state index in [-0.39, 0.29) is 0 Å². The minimum absolute atomic E-state index is 0.767. The van der Waals surface area contributed by atoms with Crippen molar-refractivity contribution in [2.24, 2.45) is 4.99 Å². The van der Waals surface area contributed by atoms with Gasteiger partial charge in [-0.3, -0.25) is 9.98 Å². The van der Waals surface area contributed by atoms with Crippen LogP contribution in [-0.4, -0.2) is 41.0 Å². The van der Waals surface area contributed by atoms with Crippen LogP contribution in [0, 0.1) is 0 Å². The van der Waals surface area contributed by atoms with Crippen molar-refractivity contribution in [1.29, 1.82) is 0 Å². The highest BCUT2D eigenvalue weighted by Gasteiger charge is 2.03. The van der Waals surface area contributed by atoms with Crippen LogP contribution in [0.3, 0.4) is 0 Å². The van der Waals surface area contributed by atoms with Gasteiger partial charge in [0.15, 0.2) is 5.96 Å². The molecule has 0 unspecified atom stereocenters. The summed E-state index contributed by atoms with van der Waals surface area (Å²) in [5.74, 6) is 1.77. The summed E-state index contributed by atoms with van der Waals surface area (Å²) < 4.78 is 0. The predicted molar refractivity (Wildman–Crippen MR) is 97.1 cm³/mol. The Labute approximate surface area is 141 Å². The molecule has 3 rings (SSSR count). The van der Waals surface area contributed by atoms with E-state index in [0.29, 0.717) is 0 Å². The number of hydrogen-bond donors (Lipinski definition) is 3. The number of para-hydroxylation sites is 2. The third-order valence-corrected chi connectivity index (χ3v) is 3.72. The molecule has 0 aliphatic carbocycles. The third-order valence-electron chi connectivity index (χ3n) is 3.72. The summed E-state index contributed by atoms with van der Waals surface area (Å²) in [5, 5.41) is 6.61. The van der Waals surface area contributed by atoms with Gasteiger partial charge in [-0.2, -0.15) is 0 Å². The molecule has 0 bridgehead atoms. The van der Waals surface area contributed by atoms with Gasteiger partial charge in [-0.15, -0.1) is 0 Å². The number of aromatic nitrogens is 3. The second-order valence-electron chi connectivity index (χ2n) is 5.45. The minimum Gasteiger partial charge on any atom is -0.356 e. The van der Waals surface area contributed by atoms with E-state index < -0.39 is 0 Å². The molecule has 0 amide bonds. The zero-order valence-corrected chi connectivity index (χ0v) is 13.8. The minimum atomic E-state index is 0.767. The van der Waals surface area contributed by atoms with Crippen molar-refractivity contribution in [1.82, 2.24) is 25.6 Å². The summed E-state index contributed by atoms with van der Waals surface area (Å²) >= 11 is 0. The normalized spacial score (nSPS) is 11.6. The second-order valence-corrected chi connectivity index (χ2v) is 5.45. The van der Waals surface area contributed by atoms with Crippen molar-refractivity contribution in [3.05, 3.63) is 60.2 Å². The molecule has 24 heavy (non-hydrogen) atoms. The second kappa shape index (κ2) is 8.10. The Morgan fingerprint density at radius 1 is 1.04 bits per heavy atom. The fourth-order valence-electron chi connectivity index (χ4n) is 2.50. The largest absolute Gasteiger partial charge is 0.356 e. The number of aromatic amines is 1. The van der Waals surface area contributed by atoms with Gasteiger partial charge >= 0.3 is 0 Å². The number of nitrogens with one attached hydrogen (secondary N) is 3. The lowest BCUT2D eigenvalue weighted by Crippen LogP contribution is -2.39. The Kier molecular flexibility index (Phi) is 5.40. The molecule has 0 aliphatic rings. The van der Waals surface area contributed by atoms with Gasteiger partial charge in [0.05, 0.1) is 11.0 Å². The summed E-state index contributed by atoms with van der Waals surface area (Å²) in [7, 11) is 1.78. The van der Waals surface area contributed by atoms with Crippen LogP contribution in [0.1, 0.15) is 11.5 Å². The number of fused-ring (bicyclic) bond motifs is 1. The van der Waals surface area contributed by atoms with E-state index in [9.17, 15) is 0 Å². The van der Waals surface area contributed by atoms with Gasteiger partial charge in [0.2, 0.25) is 0 Å². The summed E-state index contributed by atoms with van der Waals surface area (Å²) in [6, 6.07) is 14.0. The Bertz CT molecular complexity index is 760. The van der Waals surface area contributed by atoms with Gasteiger partial charge in [0.1, 0.15) is 5.82 Å². The predicted octanol–water partition coefficient (Wildman–Crippen LogP) is 1.91. The van der Waals surface area contributed by atoms with E-state index >= 15 is 0 Å². The lowest BCUT2D eigenvalue weighted by molar-refractivity contribution is 0.764. The van der Waals surface area contributed by atoms with Crippen molar-refractivity contribution in [2.45, 2.75) is 12.8 Å². The number of hydrogen-bond acceptors (Lipinski definition) is 3. The summed E-state index contributed by atoms with van der Waals surface area (Å²) in [6.07, 6.45) is 3.50. The Morgan fingerprint density at radius 3 is 2.58 bits per heavy atom. The van der Waals surface area contributed by atoms with Crippen LogP contribution < -0.4 is 10.6 Å². The Hall–Kier alpha value is -2.89. The first-order valence-electron chi connectivity index (χ1n) is 8.13. The zero-order valence-electron chi connectivity index (χ0n) is 13.8. The number of benzene rings is 1. The molecule has 6 heteroatoms. The molecule has 3 N–H and O–H groups in total. The molecule has 6 nitrogen and oxygen atoms in total. The molecule has 0 saturated heterocycles. The van der Waals surface area contributed by atoms with Crippen molar-refractivity contribution in [3.63, 3.8) is 0 Å². The first kappa shape index (κ1) is 16.0. The fraction of sp³-hybridized carbons (Fsp3) is 0.278. The standard InChI is InChI=1S/C18H22N6/c1-19-18(21-12-9-14-6-4-5-11-20-14)22-13-10-17-23-15-7-2-3-8-16(15)24-17/h2-8,11H,9-10,12-13H2,1H3,(H,23,24)(H2,19,21,22). The van der Waals surface area contributed by atoms with Crippen LogP contribution in [-0.2, 0) is 12.8 Å². The molecule has 0 aliphatic heterocycles. The van der Waals surface area contributed by atoms with Crippen molar-refractivity contribution >= 4 is 17.0 Å². The van der Waals surface area contributed by atoms with E-state index in [1.54, 1.807) is 7.05 Å².